The van der Waals surface area contributed by atoms with E-state index in [1.165, 1.54) is 18.4 Å². The third kappa shape index (κ3) is 2.85. The summed E-state index contributed by atoms with van der Waals surface area (Å²) < 4.78 is 5.23. The lowest BCUT2D eigenvalue weighted by atomic mass is 10.0. The number of methoxy groups -OCH3 is 1. The van der Waals surface area contributed by atoms with Crippen molar-refractivity contribution in [2.24, 2.45) is 5.92 Å². The smallest absolute Gasteiger partial charge is 0.122 e. The average Bonchev–Trinajstić information content (AvgIpc) is 3.17. The van der Waals surface area contributed by atoms with Crippen LogP contribution in [0.3, 0.4) is 0 Å². The largest absolute Gasteiger partial charge is 0.497 e. The summed E-state index contributed by atoms with van der Waals surface area (Å²) in [5.74, 6) is 2.63. The molecule has 1 aliphatic carbocycles. The minimum atomic E-state index is 0.220. The summed E-state index contributed by atoms with van der Waals surface area (Å²) in [5, 5.41) is 3.70. The molecular weight excluding hydrogens is 250 g/mol. The van der Waals surface area contributed by atoms with E-state index >= 15 is 0 Å². The van der Waals surface area contributed by atoms with E-state index in [4.69, 9.17) is 4.74 Å². The van der Waals surface area contributed by atoms with Gasteiger partial charge in [0.2, 0.25) is 0 Å². The zero-order chi connectivity index (χ0) is 13.9. The number of nitrogens with one attached hydrogen (secondary N) is 2. The van der Waals surface area contributed by atoms with E-state index in [1.54, 1.807) is 13.3 Å². The van der Waals surface area contributed by atoms with Crippen LogP contribution in [-0.4, -0.2) is 17.1 Å². The third-order valence-corrected chi connectivity index (χ3v) is 3.93. The number of benzene rings is 1. The maximum Gasteiger partial charge on any atom is 0.122 e. The molecule has 0 spiro atoms. The lowest BCUT2D eigenvalue weighted by molar-refractivity contribution is 0.408. The fourth-order valence-electron chi connectivity index (χ4n) is 2.61. The molecule has 20 heavy (non-hydrogen) atoms. The highest BCUT2D eigenvalue weighted by Gasteiger charge is 2.33. The molecule has 0 saturated heterocycles. The summed E-state index contributed by atoms with van der Waals surface area (Å²) in [4.78, 5) is 7.51. The number of aromatic nitrogens is 2. The van der Waals surface area contributed by atoms with Crippen molar-refractivity contribution in [1.29, 1.82) is 0 Å². The summed E-state index contributed by atoms with van der Waals surface area (Å²) in [6.45, 7) is 2.15. The third-order valence-electron chi connectivity index (χ3n) is 3.93. The van der Waals surface area contributed by atoms with Gasteiger partial charge >= 0.3 is 0 Å². The zero-order valence-electron chi connectivity index (χ0n) is 12.0. The van der Waals surface area contributed by atoms with E-state index in [0.29, 0.717) is 6.04 Å². The molecule has 1 aromatic heterocycles. The molecular formula is C16H21N3O. The van der Waals surface area contributed by atoms with Gasteiger partial charge in [0.1, 0.15) is 11.6 Å². The molecule has 2 aromatic rings. The molecule has 0 radical (unpaired) electrons. The van der Waals surface area contributed by atoms with E-state index < -0.39 is 0 Å². The molecule has 4 heteroatoms. The van der Waals surface area contributed by atoms with Crippen LogP contribution in [0.25, 0.3) is 0 Å². The number of H-pyrrole nitrogens is 1. The van der Waals surface area contributed by atoms with Crippen molar-refractivity contribution in [1.82, 2.24) is 15.3 Å². The predicted octanol–water partition coefficient (Wildman–Crippen LogP) is 3.22. The van der Waals surface area contributed by atoms with Crippen LogP contribution in [-0.2, 0) is 0 Å². The summed E-state index contributed by atoms with van der Waals surface area (Å²) in [7, 11) is 1.70. The Kier molecular flexibility index (Phi) is 3.74. The second-order valence-corrected chi connectivity index (χ2v) is 5.45. The van der Waals surface area contributed by atoms with Crippen LogP contribution < -0.4 is 10.1 Å². The van der Waals surface area contributed by atoms with E-state index in [1.807, 2.05) is 18.3 Å². The fourth-order valence-corrected chi connectivity index (χ4v) is 2.61. The van der Waals surface area contributed by atoms with Crippen LogP contribution in [0.1, 0.15) is 43.2 Å². The van der Waals surface area contributed by atoms with Crippen molar-refractivity contribution in [3.05, 3.63) is 48.0 Å². The minimum Gasteiger partial charge on any atom is -0.497 e. The zero-order valence-corrected chi connectivity index (χ0v) is 12.0. The van der Waals surface area contributed by atoms with Gasteiger partial charge in [-0.05, 0) is 43.4 Å². The second kappa shape index (κ2) is 5.67. The molecule has 1 aromatic carbocycles. The van der Waals surface area contributed by atoms with E-state index in [9.17, 15) is 0 Å². The van der Waals surface area contributed by atoms with Gasteiger partial charge in [-0.25, -0.2) is 4.98 Å². The highest BCUT2D eigenvalue weighted by Crippen LogP contribution is 2.42. The molecule has 4 nitrogen and oxygen atoms in total. The van der Waals surface area contributed by atoms with E-state index in [2.05, 4.69) is 34.3 Å². The van der Waals surface area contributed by atoms with Crippen LogP contribution in [0.15, 0.2) is 36.7 Å². The van der Waals surface area contributed by atoms with Crippen LogP contribution in [0, 0.1) is 5.92 Å². The van der Waals surface area contributed by atoms with Gasteiger partial charge in [0.25, 0.3) is 0 Å². The van der Waals surface area contributed by atoms with Gasteiger partial charge in [-0.1, -0.05) is 12.1 Å². The Balaban J connectivity index is 1.75. The van der Waals surface area contributed by atoms with Crippen molar-refractivity contribution in [2.45, 2.75) is 31.8 Å². The van der Waals surface area contributed by atoms with Crippen LogP contribution in [0.2, 0.25) is 0 Å². The Labute approximate surface area is 119 Å². The highest BCUT2D eigenvalue weighted by atomic mass is 16.5. The number of hydrogen-bond donors (Lipinski definition) is 2. The monoisotopic (exact) mass is 271 g/mol. The quantitative estimate of drug-likeness (QED) is 0.848. The molecule has 1 heterocycles. The number of aromatic amines is 1. The predicted molar refractivity (Wildman–Crippen MR) is 78.6 cm³/mol. The van der Waals surface area contributed by atoms with E-state index in [0.717, 1.165) is 17.5 Å². The summed E-state index contributed by atoms with van der Waals surface area (Å²) >= 11 is 0. The van der Waals surface area contributed by atoms with Crippen LogP contribution in [0.4, 0.5) is 0 Å². The highest BCUT2D eigenvalue weighted by molar-refractivity contribution is 5.30. The first-order chi connectivity index (χ1) is 9.78. The number of ether oxygens (including phenoxy) is 1. The lowest BCUT2D eigenvalue weighted by Gasteiger charge is -2.23. The topological polar surface area (TPSA) is 49.9 Å². The molecule has 0 amide bonds. The normalized spacial score (nSPS) is 17.7. The molecule has 1 aliphatic rings. The summed E-state index contributed by atoms with van der Waals surface area (Å²) in [6.07, 6.45) is 6.27. The molecule has 0 aliphatic heterocycles. The van der Waals surface area contributed by atoms with Gasteiger partial charge in [0, 0.05) is 18.4 Å². The van der Waals surface area contributed by atoms with Crippen molar-refractivity contribution in [2.75, 3.05) is 7.11 Å². The number of imidazole rings is 1. The number of rotatable bonds is 6. The first kappa shape index (κ1) is 13.2. The maximum absolute atomic E-state index is 5.23. The van der Waals surface area contributed by atoms with Gasteiger partial charge < -0.3 is 15.0 Å². The summed E-state index contributed by atoms with van der Waals surface area (Å²) in [5.41, 5.74) is 1.33. The SMILES string of the molecule is COc1ccc(C(NC(C)c2ncc[nH]2)C2CC2)cc1. The molecule has 2 unspecified atom stereocenters. The molecule has 0 bridgehead atoms. The van der Waals surface area contributed by atoms with Gasteiger partial charge in [-0.2, -0.15) is 0 Å². The molecule has 106 valence electrons. The molecule has 1 fully saturated rings. The average molecular weight is 271 g/mol. The number of hydrogen-bond acceptors (Lipinski definition) is 3. The van der Waals surface area contributed by atoms with Gasteiger partial charge in [-0.3, -0.25) is 0 Å². The van der Waals surface area contributed by atoms with Crippen molar-refractivity contribution in [3.8, 4) is 5.75 Å². The van der Waals surface area contributed by atoms with Crippen molar-refractivity contribution in [3.63, 3.8) is 0 Å². The van der Waals surface area contributed by atoms with Gasteiger partial charge in [0.05, 0.1) is 13.2 Å². The Hall–Kier alpha value is -1.81. The standard InChI is InChI=1S/C16H21N3O/c1-11(16-17-9-10-18-16)19-15(12-3-4-12)13-5-7-14(20-2)8-6-13/h5-12,15,19H,3-4H2,1-2H3,(H,17,18). The lowest BCUT2D eigenvalue weighted by Crippen LogP contribution is -2.26. The molecule has 3 rings (SSSR count). The Bertz CT molecular complexity index is 531. The van der Waals surface area contributed by atoms with E-state index in [-0.39, 0.29) is 6.04 Å². The molecule has 2 N–H and O–H groups in total. The van der Waals surface area contributed by atoms with Crippen molar-refractivity contribution < 1.29 is 4.74 Å². The Morgan fingerprint density at radius 3 is 2.60 bits per heavy atom. The fraction of sp³-hybridized carbons (Fsp3) is 0.438. The number of nitrogens with zero attached hydrogens (tertiary/aromatic N) is 1. The molecule has 1 saturated carbocycles. The first-order valence-electron chi connectivity index (χ1n) is 7.17. The minimum absolute atomic E-state index is 0.220. The van der Waals surface area contributed by atoms with Crippen molar-refractivity contribution >= 4 is 0 Å². The Morgan fingerprint density at radius 1 is 1.30 bits per heavy atom. The van der Waals surface area contributed by atoms with Gasteiger partial charge in [0.15, 0.2) is 0 Å². The molecule has 2 atom stereocenters. The summed E-state index contributed by atoms with van der Waals surface area (Å²) in [6, 6.07) is 8.99. The van der Waals surface area contributed by atoms with Gasteiger partial charge in [-0.15, -0.1) is 0 Å². The van der Waals surface area contributed by atoms with Crippen LogP contribution >= 0.6 is 0 Å². The first-order valence-corrected chi connectivity index (χ1v) is 7.17. The maximum atomic E-state index is 5.23. The second-order valence-electron chi connectivity index (χ2n) is 5.45. The Morgan fingerprint density at radius 2 is 2.05 bits per heavy atom. The van der Waals surface area contributed by atoms with Crippen LogP contribution in [0.5, 0.6) is 5.75 Å².